The SMILES string of the molecule is CCCCC(CC)C(O)C=CC1CC[C@H](O)[C@@H]1CC=CCCCC(=O)O. The second-order valence-corrected chi connectivity index (χ2v) is 7.65. The van der Waals surface area contributed by atoms with Gasteiger partial charge in [-0.25, -0.2) is 0 Å². The fourth-order valence-electron chi connectivity index (χ4n) is 3.89. The highest BCUT2D eigenvalue weighted by Crippen LogP contribution is 2.36. The maximum Gasteiger partial charge on any atom is 0.303 e. The van der Waals surface area contributed by atoms with Crippen LogP contribution in [0.4, 0.5) is 0 Å². The molecule has 0 radical (unpaired) electrons. The van der Waals surface area contributed by atoms with Crippen molar-refractivity contribution in [2.75, 3.05) is 0 Å². The number of hydrogen-bond donors (Lipinski definition) is 3. The lowest BCUT2D eigenvalue weighted by Gasteiger charge is -2.21. The standard InChI is InChI=1S/C22H38O4/c1-3-5-10-17(4-2)20(23)15-13-18-14-16-21(24)19(18)11-8-6-7-9-12-22(25)26/h6,8,13,15,17-21,23-24H,3-5,7,9-12,14,16H2,1-2H3,(H,25,26)/t17?,18?,19-,20?,21+/m1/s1. The van der Waals surface area contributed by atoms with Gasteiger partial charge in [-0.1, -0.05) is 57.4 Å². The number of aliphatic carboxylic acids is 1. The summed E-state index contributed by atoms with van der Waals surface area (Å²) in [5.74, 6) is 0.0831. The summed E-state index contributed by atoms with van der Waals surface area (Å²) in [5.41, 5.74) is 0. The van der Waals surface area contributed by atoms with Crippen LogP contribution in [0.2, 0.25) is 0 Å². The molecule has 0 amide bonds. The van der Waals surface area contributed by atoms with E-state index in [1.165, 1.54) is 0 Å². The molecule has 1 aliphatic rings. The Bertz CT molecular complexity index is 443. The van der Waals surface area contributed by atoms with E-state index < -0.39 is 12.1 Å². The van der Waals surface area contributed by atoms with Crippen LogP contribution in [0.5, 0.6) is 0 Å². The summed E-state index contributed by atoms with van der Waals surface area (Å²) in [4.78, 5) is 10.5. The van der Waals surface area contributed by atoms with E-state index in [1.807, 2.05) is 12.2 Å². The van der Waals surface area contributed by atoms with Crippen molar-refractivity contribution >= 4 is 5.97 Å². The molecule has 0 saturated heterocycles. The summed E-state index contributed by atoms with van der Waals surface area (Å²) in [6.07, 6.45) is 16.1. The molecule has 1 rings (SSSR count). The first kappa shape index (κ1) is 22.9. The van der Waals surface area contributed by atoms with Gasteiger partial charge in [0.15, 0.2) is 0 Å². The van der Waals surface area contributed by atoms with Crippen LogP contribution in [0.3, 0.4) is 0 Å². The molecular weight excluding hydrogens is 328 g/mol. The number of unbranched alkanes of at least 4 members (excludes halogenated alkanes) is 2. The molecule has 0 aromatic carbocycles. The fraction of sp³-hybridized carbons (Fsp3) is 0.773. The summed E-state index contributed by atoms with van der Waals surface area (Å²) in [6.45, 7) is 4.31. The van der Waals surface area contributed by atoms with Gasteiger partial charge in [0.25, 0.3) is 0 Å². The molecule has 0 aromatic rings. The van der Waals surface area contributed by atoms with Crippen molar-refractivity contribution in [3.63, 3.8) is 0 Å². The molecule has 3 unspecified atom stereocenters. The lowest BCUT2D eigenvalue weighted by atomic mass is 9.88. The van der Waals surface area contributed by atoms with Crippen LogP contribution in [0.1, 0.15) is 78.1 Å². The van der Waals surface area contributed by atoms with Crippen molar-refractivity contribution < 1.29 is 20.1 Å². The highest BCUT2D eigenvalue weighted by atomic mass is 16.4. The molecule has 150 valence electrons. The summed E-state index contributed by atoms with van der Waals surface area (Å²) >= 11 is 0. The van der Waals surface area contributed by atoms with Gasteiger partial charge in [-0.3, -0.25) is 4.79 Å². The largest absolute Gasteiger partial charge is 0.481 e. The molecule has 5 atom stereocenters. The fourth-order valence-corrected chi connectivity index (χ4v) is 3.89. The van der Waals surface area contributed by atoms with Crippen LogP contribution < -0.4 is 0 Å². The topological polar surface area (TPSA) is 77.8 Å². The number of allylic oxidation sites excluding steroid dienone is 3. The number of carbonyl (C=O) groups is 1. The molecule has 1 fully saturated rings. The van der Waals surface area contributed by atoms with E-state index in [2.05, 4.69) is 26.0 Å². The predicted octanol–water partition coefficient (Wildman–Crippen LogP) is 4.71. The Labute approximate surface area is 159 Å². The Hall–Kier alpha value is -1.13. The van der Waals surface area contributed by atoms with Crippen LogP contribution in [-0.2, 0) is 4.79 Å². The van der Waals surface area contributed by atoms with Crippen molar-refractivity contribution in [2.24, 2.45) is 17.8 Å². The van der Waals surface area contributed by atoms with Gasteiger partial charge in [0.1, 0.15) is 0 Å². The van der Waals surface area contributed by atoms with Gasteiger partial charge in [-0.05, 0) is 56.3 Å². The number of aliphatic hydroxyl groups excluding tert-OH is 2. The highest BCUT2D eigenvalue weighted by Gasteiger charge is 2.32. The molecule has 1 aliphatic carbocycles. The lowest BCUT2D eigenvalue weighted by molar-refractivity contribution is -0.137. The maximum atomic E-state index is 10.5. The third-order valence-electron chi connectivity index (χ3n) is 5.67. The van der Waals surface area contributed by atoms with E-state index in [0.29, 0.717) is 18.3 Å². The smallest absolute Gasteiger partial charge is 0.303 e. The van der Waals surface area contributed by atoms with Crippen molar-refractivity contribution in [1.29, 1.82) is 0 Å². The van der Waals surface area contributed by atoms with Crippen molar-refractivity contribution in [2.45, 2.75) is 90.3 Å². The van der Waals surface area contributed by atoms with E-state index in [9.17, 15) is 15.0 Å². The van der Waals surface area contributed by atoms with Gasteiger partial charge >= 0.3 is 5.97 Å². The van der Waals surface area contributed by atoms with E-state index in [-0.39, 0.29) is 18.4 Å². The predicted molar refractivity (Wildman–Crippen MR) is 106 cm³/mol. The Morgan fingerprint density at radius 3 is 2.62 bits per heavy atom. The van der Waals surface area contributed by atoms with E-state index in [0.717, 1.165) is 51.4 Å². The number of aliphatic hydroxyl groups is 2. The van der Waals surface area contributed by atoms with Crippen molar-refractivity contribution in [1.82, 2.24) is 0 Å². The molecule has 0 bridgehead atoms. The number of hydrogen-bond acceptors (Lipinski definition) is 3. The van der Waals surface area contributed by atoms with Crippen molar-refractivity contribution in [3.05, 3.63) is 24.3 Å². The zero-order valence-electron chi connectivity index (χ0n) is 16.5. The minimum Gasteiger partial charge on any atom is -0.481 e. The van der Waals surface area contributed by atoms with Crippen LogP contribution in [-0.4, -0.2) is 33.5 Å². The summed E-state index contributed by atoms with van der Waals surface area (Å²) in [5, 5.41) is 29.4. The first-order valence-electron chi connectivity index (χ1n) is 10.4. The monoisotopic (exact) mass is 366 g/mol. The minimum absolute atomic E-state index is 0.199. The zero-order valence-corrected chi connectivity index (χ0v) is 16.5. The molecule has 0 aliphatic heterocycles. The zero-order chi connectivity index (χ0) is 19.4. The number of rotatable bonds is 13. The van der Waals surface area contributed by atoms with Crippen LogP contribution in [0.25, 0.3) is 0 Å². The van der Waals surface area contributed by atoms with Crippen LogP contribution in [0, 0.1) is 17.8 Å². The summed E-state index contributed by atoms with van der Waals surface area (Å²) in [7, 11) is 0. The molecule has 4 heteroatoms. The Kier molecular flexibility index (Phi) is 11.5. The first-order valence-corrected chi connectivity index (χ1v) is 10.4. The van der Waals surface area contributed by atoms with Gasteiger partial charge in [-0.2, -0.15) is 0 Å². The van der Waals surface area contributed by atoms with E-state index >= 15 is 0 Å². The summed E-state index contributed by atoms with van der Waals surface area (Å²) in [6, 6.07) is 0. The van der Waals surface area contributed by atoms with E-state index in [1.54, 1.807) is 0 Å². The third-order valence-corrected chi connectivity index (χ3v) is 5.67. The molecule has 0 aromatic heterocycles. The molecule has 26 heavy (non-hydrogen) atoms. The van der Waals surface area contributed by atoms with E-state index in [4.69, 9.17) is 5.11 Å². The molecule has 3 N–H and O–H groups in total. The number of carboxylic acids is 1. The van der Waals surface area contributed by atoms with Gasteiger partial charge in [0.2, 0.25) is 0 Å². The van der Waals surface area contributed by atoms with Gasteiger partial charge in [0.05, 0.1) is 12.2 Å². The average molecular weight is 367 g/mol. The van der Waals surface area contributed by atoms with Crippen molar-refractivity contribution in [3.8, 4) is 0 Å². The van der Waals surface area contributed by atoms with Gasteiger partial charge in [0, 0.05) is 6.42 Å². The maximum absolute atomic E-state index is 10.5. The molecule has 0 spiro atoms. The Balaban J connectivity index is 2.48. The van der Waals surface area contributed by atoms with Crippen LogP contribution >= 0.6 is 0 Å². The molecule has 4 nitrogen and oxygen atoms in total. The Morgan fingerprint density at radius 2 is 1.96 bits per heavy atom. The van der Waals surface area contributed by atoms with Gasteiger partial charge in [-0.15, -0.1) is 0 Å². The molecule has 1 saturated carbocycles. The molecular formula is C22H38O4. The first-order chi connectivity index (χ1) is 12.5. The second kappa shape index (κ2) is 13.1. The Morgan fingerprint density at radius 1 is 1.19 bits per heavy atom. The second-order valence-electron chi connectivity index (χ2n) is 7.65. The third kappa shape index (κ3) is 8.50. The highest BCUT2D eigenvalue weighted by molar-refractivity contribution is 5.66. The average Bonchev–Trinajstić information content (AvgIpc) is 2.96. The number of carboxylic acid groups (broad SMARTS) is 1. The summed E-state index contributed by atoms with van der Waals surface area (Å²) < 4.78 is 0. The lowest BCUT2D eigenvalue weighted by Crippen LogP contribution is -2.20. The minimum atomic E-state index is -0.752. The molecule has 0 heterocycles. The quantitative estimate of drug-likeness (QED) is 0.326. The van der Waals surface area contributed by atoms with Crippen LogP contribution in [0.15, 0.2) is 24.3 Å². The normalized spacial score (nSPS) is 25.9. The van der Waals surface area contributed by atoms with Gasteiger partial charge < -0.3 is 15.3 Å².